The first kappa shape index (κ1) is 18.9. The number of hydrogen-bond acceptors (Lipinski definition) is 4. The zero-order valence-electron chi connectivity index (χ0n) is 16.8. The molecule has 0 spiro atoms. The average molecular weight is 387 g/mol. The number of pyridine rings is 2. The highest BCUT2D eigenvalue weighted by atomic mass is 16.1. The third-order valence-corrected chi connectivity index (χ3v) is 5.14. The second kappa shape index (κ2) is 7.91. The lowest BCUT2D eigenvalue weighted by Crippen LogP contribution is -2.24. The number of nitrogens with one attached hydrogen (secondary N) is 1. The van der Waals surface area contributed by atoms with Crippen LogP contribution < -0.4 is 10.6 Å². The second-order valence-corrected chi connectivity index (χ2v) is 7.26. The van der Waals surface area contributed by atoms with Crippen LogP contribution in [0.5, 0.6) is 0 Å². The van der Waals surface area contributed by atoms with Crippen LogP contribution in [-0.2, 0) is 0 Å². The van der Waals surface area contributed by atoms with E-state index >= 15 is 0 Å². The van der Waals surface area contributed by atoms with E-state index in [4.69, 9.17) is 5.73 Å². The molecule has 0 atom stereocenters. The second-order valence-electron chi connectivity index (χ2n) is 7.26. The van der Waals surface area contributed by atoms with Crippen molar-refractivity contribution in [1.82, 2.24) is 15.0 Å². The number of rotatable bonds is 7. The molecule has 6 nitrogen and oxygen atoms in total. The maximum atomic E-state index is 11.5. The molecule has 0 fully saturated rings. The van der Waals surface area contributed by atoms with Crippen LogP contribution in [0.1, 0.15) is 37.2 Å². The van der Waals surface area contributed by atoms with E-state index in [-0.39, 0.29) is 5.69 Å². The van der Waals surface area contributed by atoms with Gasteiger partial charge in [-0.05, 0) is 42.7 Å². The van der Waals surface area contributed by atoms with E-state index in [0.717, 1.165) is 59.0 Å². The van der Waals surface area contributed by atoms with Gasteiger partial charge in [-0.3, -0.25) is 4.79 Å². The maximum Gasteiger partial charge on any atom is 0.267 e. The number of nitrogens with two attached hydrogens (primary N) is 1. The molecule has 0 aliphatic heterocycles. The Bertz CT molecular complexity index is 1160. The SMILES string of the molecule is CCCN(CCC)c1ccc(-c2cnc3[nH]c4cnc(C(N)=O)cc4c3c2)cc1. The number of aromatic amines is 1. The lowest BCUT2D eigenvalue weighted by Gasteiger charge is -2.24. The van der Waals surface area contributed by atoms with Crippen molar-refractivity contribution in [3.8, 4) is 11.1 Å². The molecule has 6 heteroatoms. The van der Waals surface area contributed by atoms with E-state index in [0.29, 0.717) is 0 Å². The van der Waals surface area contributed by atoms with Gasteiger partial charge in [0.25, 0.3) is 5.91 Å². The number of primary amides is 1. The summed E-state index contributed by atoms with van der Waals surface area (Å²) in [4.78, 5) is 25.8. The van der Waals surface area contributed by atoms with E-state index in [2.05, 4.69) is 64.0 Å². The van der Waals surface area contributed by atoms with Crippen LogP contribution in [0.2, 0.25) is 0 Å². The maximum absolute atomic E-state index is 11.5. The fraction of sp³-hybridized carbons (Fsp3) is 0.261. The zero-order valence-corrected chi connectivity index (χ0v) is 16.8. The quantitative estimate of drug-likeness (QED) is 0.489. The highest BCUT2D eigenvalue weighted by molar-refractivity contribution is 6.08. The van der Waals surface area contributed by atoms with Crippen LogP contribution in [0, 0.1) is 0 Å². The Hall–Kier alpha value is -3.41. The van der Waals surface area contributed by atoms with Gasteiger partial charge in [0.1, 0.15) is 11.3 Å². The number of anilines is 1. The molecule has 1 amide bonds. The molecular formula is C23H25N5O. The monoisotopic (exact) mass is 387 g/mol. The summed E-state index contributed by atoms with van der Waals surface area (Å²) >= 11 is 0. The van der Waals surface area contributed by atoms with E-state index in [1.807, 2.05) is 6.20 Å². The summed E-state index contributed by atoms with van der Waals surface area (Å²) in [6, 6.07) is 12.4. The standard InChI is InChI=1S/C23H25N5O/c1-3-9-28(10-4-2)17-7-5-15(6-8-17)16-11-19-18-12-20(22(24)29)25-14-21(18)27-23(19)26-13-16/h5-8,11-14H,3-4,9-10H2,1-2H3,(H2,24,29)(H,26,27). The third kappa shape index (κ3) is 3.66. The van der Waals surface area contributed by atoms with E-state index < -0.39 is 5.91 Å². The lowest BCUT2D eigenvalue weighted by molar-refractivity contribution is 0.0996. The Balaban J connectivity index is 1.72. The van der Waals surface area contributed by atoms with Crippen molar-refractivity contribution in [2.75, 3.05) is 18.0 Å². The fourth-order valence-electron chi connectivity index (χ4n) is 3.74. The number of nitrogens with zero attached hydrogens (tertiary/aromatic N) is 3. The molecule has 4 aromatic rings. The minimum Gasteiger partial charge on any atom is -0.372 e. The number of benzene rings is 1. The molecule has 3 N–H and O–H groups in total. The van der Waals surface area contributed by atoms with Crippen molar-refractivity contribution in [2.45, 2.75) is 26.7 Å². The molecule has 3 aromatic heterocycles. The van der Waals surface area contributed by atoms with Crippen LogP contribution in [-0.4, -0.2) is 33.9 Å². The molecule has 0 radical (unpaired) electrons. The van der Waals surface area contributed by atoms with Crippen LogP contribution in [0.25, 0.3) is 33.1 Å². The van der Waals surface area contributed by atoms with Crippen LogP contribution in [0.3, 0.4) is 0 Å². The molecule has 3 heterocycles. The Morgan fingerprint density at radius 1 is 0.966 bits per heavy atom. The Labute approximate surface area is 169 Å². The number of hydrogen-bond donors (Lipinski definition) is 2. The molecule has 1 aromatic carbocycles. The van der Waals surface area contributed by atoms with Crippen LogP contribution >= 0.6 is 0 Å². The molecule has 0 saturated heterocycles. The number of H-pyrrole nitrogens is 1. The molecular weight excluding hydrogens is 362 g/mol. The zero-order chi connectivity index (χ0) is 20.4. The first-order chi connectivity index (χ1) is 14.1. The summed E-state index contributed by atoms with van der Waals surface area (Å²) in [5.74, 6) is -0.537. The van der Waals surface area contributed by atoms with Gasteiger partial charge in [-0.15, -0.1) is 0 Å². The van der Waals surface area contributed by atoms with Gasteiger partial charge in [-0.2, -0.15) is 0 Å². The summed E-state index contributed by atoms with van der Waals surface area (Å²) in [7, 11) is 0. The predicted octanol–water partition coefficient (Wildman–Crippen LogP) is 4.50. The highest BCUT2D eigenvalue weighted by Crippen LogP contribution is 2.29. The summed E-state index contributed by atoms with van der Waals surface area (Å²) < 4.78 is 0. The third-order valence-electron chi connectivity index (χ3n) is 5.14. The van der Waals surface area contributed by atoms with Crippen LogP contribution in [0.15, 0.2) is 48.8 Å². The molecule has 29 heavy (non-hydrogen) atoms. The Kier molecular flexibility index (Phi) is 5.16. The van der Waals surface area contributed by atoms with Crippen LogP contribution in [0.4, 0.5) is 5.69 Å². The normalized spacial score (nSPS) is 11.2. The van der Waals surface area contributed by atoms with Gasteiger partial charge in [0.2, 0.25) is 0 Å². The molecule has 0 unspecified atom stereocenters. The molecule has 0 saturated carbocycles. The summed E-state index contributed by atoms with van der Waals surface area (Å²) in [6.07, 6.45) is 5.75. The Morgan fingerprint density at radius 2 is 1.69 bits per heavy atom. The number of carbonyl (C=O) groups excluding carboxylic acids is 1. The van der Waals surface area contributed by atoms with Gasteiger partial charge >= 0.3 is 0 Å². The van der Waals surface area contributed by atoms with E-state index in [1.165, 1.54) is 5.69 Å². The Morgan fingerprint density at radius 3 is 2.34 bits per heavy atom. The van der Waals surface area contributed by atoms with Crippen molar-refractivity contribution in [2.24, 2.45) is 5.73 Å². The smallest absolute Gasteiger partial charge is 0.267 e. The average Bonchev–Trinajstić information content (AvgIpc) is 3.11. The largest absolute Gasteiger partial charge is 0.372 e. The molecule has 148 valence electrons. The molecule has 0 aliphatic carbocycles. The van der Waals surface area contributed by atoms with Gasteiger partial charge in [-0.25, -0.2) is 9.97 Å². The fourth-order valence-corrected chi connectivity index (χ4v) is 3.74. The number of amides is 1. The molecule has 0 aliphatic rings. The molecule has 0 bridgehead atoms. The van der Waals surface area contributed by atoms with Crippen molar-refractivity contribution in [3.63, 3.8) is 0 Å². The van der Waals surface area contributed by atoms with Gasteiger partial charge in [0.15, 0.2) is 0 Å². The van der Waals surface area contributed by atoms with Crippen molar-refractivity contribution < 1.29 is 4.79 Å². The van der Waals surface area contributed by atoms with E-state index in [9.17, 15) is 4.79 Å². The van der Waals surface area contributed by atoms with Crippen molar-refractivity contribution in [1.29, 1.82) is 0 Å². The van der Waals surface area contributed by atoms with Gasteiger partial charge in [0.05, 0.1) is 11.7 Å². The summed E-state index contributed by atoms with van der Waals surface area (Å²) in [6.45, 7) is 6.54. The number of carbonyl (C=O) groups is 1. The number of fused-ring (bicyclic) bond motifs is 3. The first-order valence-corrected chi connectivity index (χ1v) is 10.0. The highest BCUT2D eigenvalue weighted by Gasteiger charge is 2.11. The van der Waals surface area contributed by atoms with Gasteiger partial charge in [0, 0.05) is 41.3 Å². The minimum atomic E-state index is -0.537. The molecule has 4 rings (SSSR count). The predicted molar refractivity (Wildman–Crippen MR) is 118 cm³/mol. The minimum absolute atomic E-state index is 0.250. The van der Waals surface area contributed by atoms with Gasteiger partial charge in [-0.1, -0.05) is 26.0 Å². The topological polar surface area (TPSA) is 87.9 Å². The van der Waals surface area contributed by atoms with Crippen molar-refractivity contribution >= 4 is 33.5 Å². The summed E-state index contributed by atoms with van der Waals surface area (Å²) in [5, 5.41) is 1.84. The number of aromatic nitrogens is 3. The first-order valence-electron chi connectivity index (χ1n) is 10.0. The van der Waals surface area contributed by atoms with Gasteiger partial charge < -0.3 is 15.6 Å². The van der Waals surface area contributed by atoms with E-state index in [1.54, 1.807) is 12.3 Å². The summed E-state index contributed by atoms with van der Waals surface area (Å²) in [5.41, 5.74) is 10.6. The lowest BCUT2D eigenvalue weighted by atomic mass is 10.0. The van der Waals surface area contributed by atoms with Crippen molar-refractivity contribution in [3.05, 3.63) is 54.5 Å².